The van der Waals surface area contributed by atoms with Crippen LogP contribution in [-0.2, 0) is 0 Å². The second kappa shape index (κ2) is 5.91. The molecule has 0 aliphatic carbocycles. The Kier molecular flexibility index (Phi) is 4.78. The van der Waals surface area contributed by atoms with E-state index in [9.17, 15) is 0 Å². The number of nitrogens with one attached hydrogen (secondary N) is 1. The molecule has 3 N–H and O–H groups in total. The molecular formula is C13H24N4O. The molecule has 5 nitrogen and oxygen atoms in total. The van der Waals surface area contributed by atoms with E-state index in [2.05, 4.69) is 15.2 Å². The number of guanidine groups is 1. The monoisotopic (exact) mass is 252 g/mol. The predicted octanol–water partition coefficient (Wildman–Crippen LogP) is 1.59. The number of nitrogens with zero attached hydrogens (tertiary/aromatic N) is 2. The first kappa shape index (κ1) is 14.6. The molecule has 0 saturated carbocycles. The van der Waals surface area contributed by atoms with E-state index < -0.39 is 0 Å². The number of likely N-dealkylation sites (N-methyl/N-ethyl adjacent to an activating group) is 1. The van der Waals surface area contributed by atoms with E-state index in [-0.39, 0.29) is 11.6 Å². The second-order valence-electron chi connectivity index (χ2n) is 5.60. The molecule has 1 aromatic heterocycles. The molecule has 0 amide bonds. The Morgan fingerprint density at radius 1 is 1.50 bits per heavy atom. The van der Waals surface area contributed by atoms with Crippen molar-refractivity contribution < 1.29 is 4.42 Å². The van der Waals surface area contributed by atoms with Crippen molar-refractivity contribution in [1.82, 2.24) is 10.2 Å². The van der Waals surface area contributed by atoms with Crippen molar-refractivity contribution in [3.05, 3.63) is 24.2 Å². The highest BCUT2D eigenvalue weighted by Crippen LogP contribution is 2.18. The van der Waals surface area contributed by atoms with Crippen molar-refractivity contribution in [3.63, 3.8) is 0 Å². The highest BCUT2D eigenvalue weighted by atomic mass is 16.3. The molecular weight excluding hydrogens is 228 g/mol. The fourth-order valence-corrected chi connectivity index (χ4v) is 1.60. The van der Waals surface area contributed by atoms with Crippen molar-refractivity contribution >= 4 is 5.96 Å². The standard InChI is InChI=1S/C13H24N4O/c1-13(2,3)16-12(14)15-9-10(17(4)5)11-7-6-8-18-11/h6-8,10H,9H2,1-5H3,(H3,14,15,16). The van der Waals surface area contributed by atoms with E-state index in [0.717, 1.165) is 5.76 Å². The number of rotatable bonds is 4. The first-order valence-electron chi connectivity index (χ1n) is 6.07. The molecule has 0 bridgehead atoms. The van der Waals surface area contributed by atoms with Gasteiger partial charge in [-0.25, -0.2) is 0 Å². The first-order valence-corrected chi connectivity index (χ1v) is 6.07. The Hall–Kier alpha value is -1.49. The number of nitrogens with two attached hydrogens (primary N) is 1. The van der Waals surface area contributed by atoms with E-state index >= 15 is 0 Å². The van der Waals surface area contributed by atoms with Crippen LogP contribution in [0.3, 0.4) is 0 Å². The lowest BCUT2D eigenvalue weighted by Crippen LogP contribution is -2.45. The van der Waals surface area contributed by atoms with Crippen molar-refractivity contribution in [3.8, 4) is 0 Å². The third-order valence-corrected chi connectivity index (χ3v) is 2.43. The Morgan fingerprint density at radius 3 is 2.61 bits per heavy atom. The quantitative estimate of drug-likeness (QED) is 0.631. The summed E-state index contributed by atoms with van der Waals surface area (Å²) >= 11 is 0. The molecule has 102 valence electrons. The van der Waals surface area contributed by atoms with E-state index in [1.54, 1.807) is 6.26 Å². The van der Waals surface area contributed by atoms with E-state index in [0.29, 0.717) is 12.5 Å². The zero-order valence-corrected chi connectivity index (χ0v) is 11.9. The summed E-state index contributed by atoms with van der Waals surface area (Å²) in [7, 11) is 3.99. The average molecular weight is 252 g/mol. The van der Waals surface area contributed by atoms with Gasteiger partial charge in [0.1, 0.15) is 5.76 Å². The van der Waals surface area contributed by atoms with Crippen LogP contribution >= 0.6 is 0 Å². The van der Waals surface area contributed by atoms with Crippen LogP contribution in [0.1, 0.15) is 32.6 Å². The Bertz CT molecular complexity index is 376. The summed E-state index contributed by atoms with van der Waals surface area (Å²) in [4.78, 5) is 6.43. The summed E-state index contributed by atoms with van der Waals surface area (Å²) < 4.78 is 5.42. The third kappa shape index (κ3) is 4.79. The normalized spacial score (nSPS) is 14.9. The summed E-state index contributed by atoms with van der Waals surface area (Å²) in [5.74, 6) is 1.35. The fourth-order valence-electron chi connectivity index (χ4n) is 1.60. The van der Waals surface area contributed by atoms with Gasteiger partial charge in [0.2, 0.25) is 0 Å². The van der Waals surface area contributed by atoms with Crippen molar-refractivity contribution in [1.29, 1.82) is 0 Å². The minimum absolute atomic E-state index is 0.0775. The summed E-state index contributed by atoms with van der Waals surface area (Å²) in [6.07, 6.45) is 1.67. The highest BCUT2D eigenvalue weighted by Gasteiger charge is 2.17. The highest BCUT2D eigenvalue weighted by molar-refractivity contribution is 5.78. The van der Waals surface area contributed by atoms with Gasteiger partial charge in [-0.2, -0.15) is 0 Å². The molecule has 0 fully saturated rings. The Labute approximate surface area is 109 Å². The van der Waals surface area contributed by atoms with Gasteiger partial charge in [0, 0.05) is 5.54 Å². The molecule has 0 radical (unpaired) electrons. The molecule has 1 atom stereocenters. The molecule has 0 aromatic carbocycles. The summed E-state index contributed by atoms with van der Waals surface area (Å²) in [6, 6.07) is 3.93. The number of hydrogen-bond donors (Lipinski definition) is 2. The van der Waals surface area contributed by atoms with Crippen LogP contribution in [0.4, 0.5) is 0 Å². The summed E-state index contributed by atoms with van der Waals surface area (Å²) in [5, 5.41) is 3.14. The average Bonchev–Trinajstić information content (AvgIpc) is 2.67. The summed E-state index contributed by atoms with van der Waals surface area (Å²) in [6.45, 7) is 6.71. The molecule has 5 heteroatoms. The first-order chi connectivity index (χ1) is 8.29. The lowest BCUT2D eigenvalue weighted by Gasteiger charge is -2.23. The molecule has 0 aliphatic heterocycles. The van der Waals surface area contributed by atoms with Gasteiger partial charge in [-0.3, -0.25) is 9.89 Å². The Balaban J connectivity index is 2.66. The number of aliphatic imine (C=N–C) groups is 1. The van der Waals surface area contributed by atoms with Gasteiger partial charge in [0.05, 0.1) is 18.8 Å². The maximum absolute atomic E-state index is 5.85. The molecule has 0 spiro atoms. The summed E-state index contributed by atoms with van der Waals surface area (Å²) in [5.41, 5.74) is 5.77. The van der Waals surface area contributed by atoms with Gasteiger partial charge in [-0.1, -0.05) is 0 Å². The maximum Gasteiger partial charge on any atom is 0.189 e. The molecule has 1 aromatic rings. The van der Waals surface area contributed by atoms with E-state index in [1.807, 2.05) is 47.0 Å². The third-order valence-electron chi connectivity index (χ3n) is 2.43. The van der Waals surface area contributed by atoms with Gasteiger partial charge in [-0.05, 0) is 47.0 Å². The predicted molar refractivity (Wildman–Crippen MR) is 74.5 cm³/mol. The lowest BCUT2D eigenvalue weighted by molar-refractivity contribution is 0.265. The van der Waals surface area contributed by atoms with Crippen LogP contribution in [0.5, 0.6) is 0 Å². The molecule has 18 heavy (non-hydrogen) atoms. The smallest absolute Gasteiger partial charge is 0.189 e. The topological polar surface area (TPSA) is 66.8 Å². The zero-order valence-electron chi connectivity index (χ0n) is 11.9. The minimum Gasteiger partial charge on any atom is -0.468 e. The van der Waals surface area contributed by atoms with Gasteiger partial charge in [-0.15, -0.1) is 0 Å². The second-order valence-corrected chi connectivity index (χ2v) is 5.60. The number of furan rings is 1. The van der Waals surface area contributed by atoms with Crippen LogP contribution < -0.4 is 11.1 Å². The van der Waals surface area contributed by atoms with Crippen molar-refractivity contribution in [2.24, 2.45) is 10.7 Å². The minimum atomic E-state index is -0.0775. The zero-order chi connectivity index (χ0) is 13.8. The van der Waals surface area contributed by atoms with Crippen LogP contribution in [0.15, 0.2) is 27.8 Å². The van der Waals surface area contributed by atoms with Crippen LogP contribution in [-0.4, -0.2) is 37.0 Å². The maximum atomic E-state index is 5.85. The van der Waals surface area contributed by atoms with Crippen molar-refractivity contribution in [2.75, 3.05) is 20.6 Å². The molecule has 1 rings (SSSR count). The van der Waals surface area contributed by atoms with Gasteiger partial charge < -0.3 is 15.5 Å². The molecule has 1 heterocycles. The van der Waals surface area contributed by atoms with Crippen molar-refractivity contribution in [2.45, 2.75) is 32.4 Å². The van der Waals surface area contributed by atoms with Crippen LogP contribution in [0.25, 0.3) is 0 Å². The van der Waals surface area contributed by atoms with Gasteiger partial charge in [0.25, 0.3) is 0 Å². The van der Waals surface area contributed by atoms with Crippen LogP contribution in [0, 0.1) is 0 Å². The SMILES string of the molecule is CN(C)C(CN=C(N)NC(C)(C)C)c1ccco1. The van der Waals surface area contributed by atoms with Gasteiger partial charge in [0.15, 0.2) is 5.96 Å². The Morgan fingerprint density at radius 2 is 2.17 bits per heavy atom. The largest absolute Gasteiger partial charge is 0.468 e. The lowest BCUT2D eigenvalue weighted by atomic mass is 10.1. The molecule has 1 unspecified atom stereocenters. The molecule has 0 saturated heterocycles. The van der Waals surface area contributed by atoms with E-state index in [4.69, 9.17) is 10.2 Å². The fraction of sp³-hybridized carbons (Fsp3) is 0.615. The number of hydrogen-bond acceptors (Lipinski definition) is 3. The van der Waals surface area contributed by atoms with Gasteiger partial charge >= 0.3 is 0 Å². The van der Waals surface area contributed by atoms with Crippen LogP contribution in [0.2, 0.25) is 0 Å². The van der Waals surface area contributed by atoms with E-state index in [1.165, 1.54) is 0 Å². The molecule has 0 aliphatic rings.